The first-order valence-electron chi connectivity index (χ1n) is 9.99. The van der Waals surface area contributed by atoms with Gasteiger partial charge in [0.2, 0.25) is 11.7 Å². The Bertz CT molecular complexity index is 1400. The molecule has 0 saturated heterocycles. The van der Waals surface area contributed by atoms with Crippen LogP contribution < -0.4 is 21.1 Å². The van der Waals surface area contributed by atoms with Crippen molar-refractivity contribution in [3.8, 4) is 0 Å². The molecule has 9 heteroatoms. The minimum Gasteiger partial charge on any atom is -0.361 e. The number of hydrogen-bond donors (Lipinski definition) is 3. The number of halogens is 1. The molecule has 162 valence electrons. The zero-order chi connectivity index (χ0) is 22.5. The van der Waals surface area contributed by atoms with Crippen LogP contribution in [0.3, 0.4) is 0 Å². The summed E-state index contributed by atoms with van der Waals surface area (Å²) < 4.78 is 16.0. The Morgan fingerprint density at radius 2 is 1.91 bits per heavy atom. The number of aromatic nitrogens is 4. The molecule has 4 aromatic rings. The molecule has 4 rings (SSSR count). The first kappa shape index (κ1) is 21.0. The van der Waals surface area contributed by atoms with Crippen molar-refractivity contribution in [3.63, 3.8) is 0 Å². The zero-order valence-electron chi connectivity index (χ0n) is 17.0. The molecule has 0 aliphatic heterocycles. The van der Waals surface area contributed by atoms with Crippen LogP contribution in [-0.4, -0.2) is 27.0 Å². The van der Waals surface area contributed by atoms with E-state index in [0.29, 0.717) is 13.1 Å². The van der Waals surface area contributed by atoms with Crippen LogP contribution in [0, 0.1) is 5.82 Å². The Morgan fingerprint density at radius 3 is 2.72 bits per heavy atom. The van der Waals surface area contributed by atoms with Crippen LogP contribution in [0.1, 0.15) is 11.1 Å². The molecule has 0 bridgehead atoms. The summed E-state index contributed by atoms with van der Waals surface area (Å²) in [4.78, 5) is 39.7. The van der Waals surface area contributed by atoms with Crippen LogP contribution >= 0.6 is 0 Å². The van der Waals surface area contributed by atoms with Gasteiger partial charge in [-0.15, -0.1) is 0 Å². The van der Waals surface area contributed by atoms with Gasteiger partial charge >= 0.3 is 5.69 Å². The van der Waals surface area contributed by atoms with Crippen molar-refractivity contribution in [2.75, 3.05) is 6.54 Å². The van der Waals surface area contributed by atoms with Gasteiger partial charge in [0.25, 0.3) is 5.56 Å². The first-order chi connectivity index (χ1) is 15.5. The molecular formula is C23H21FN5O3+. The summed E-state index contributed by atoms with van der Waals surface area (Å²) >= 11 is 0. The second-order valence-corrected chi connectivity index (χ2v) is 7.21. The molecule has 0 spiro atoms. The molecule has 8 nitrogen and oxygen atoms in total. The molecule has 0 unspecified atom stereocenters. The van der Waals surface area contributed by atoms with Gasteiger partial charge in [-0.25, -0.2) is 9.36 Å². The lowest BCUT2D eigenvalue weighted by Gasteiger charge is -2.05. The van der Waals surface area contributed by atoms with Gasteiger partial charge in [-0.3, -0.25) is 19.1 Å². The molecule has 0 saturated carbocycles. The summed E-state index contributed by atoms with van der Waals surface area (Å²) in [7, 11) is 0. The van der Waals surface area contributed by atoms with Crippen LogP contribution in [0.15, 0.2) is 70.8 Å². The molecule has 0 radical (unpaired) electrons. The summed E-state index contributed by atoms with van der Waals surface area (Å²) in [5, 5.41) is 3.83. The third-order valence-corrected chi connectivity index (χ3v) is 4.97. The van der Waals surface area contributed by atoms with Gasteiger partial charge < -0.3 is 10.3 Å². The molecule has 3 heterocycles. The van der Waals surface area contributed by atoms with E-state index in [1.54, 1.807) is 0 Å². The van der Waals surface area contributed by atoms with Gasteiger partial charge in [-0.05, 0) is 17.2 Å². The topological polar surface area (TPSA) is 104 Å². The van der Waals surface area contributed by atoms with Gasteiger partial charge in [0, 0.05) is 29.2 Å². The minimum absolute atomic E-state index is 0.328. The van der Waals surface area contributed by atoms with Crippen molar-refractivity contribution in [3.05, 3.63) is 99.0 Å². The van der Waals surface area contributed by atoms with E-state index in [1.165, 1.54) is 0 Å². The Kier molecular flexibility index (Phi) is 6.07. The number of carbonyl (C=O) groups excluding carboxylic acids is 1. The summed E-state index contributed by atoms with van der Waals surface area (Å²) in [5.74, 6) is -1.58. The predicted molar refractivity (Wildman–Crippen MR) is 118 cm³/mol. The number of para-hydroxylation sites is 1. The number of hydrogen-bond acceptors (Lipinski definition) is 3. The third kappa shape index (κ3) is 4.89. The highest BCUT2D eigenvalue weighted by Gasteiger charge is 2.09. The second kappa shape index (κ2) is 9.25. The summed E-state index contributed by atoms with van der Waals surface area (Å²) in [6.07, 6.45) is 10.6. The lowest BCUT2D eigenvalue weighted by atomic mass is 10.1. The van der Waals surface area contributed by atoms with Gasteiger partial charge in [0.05, 0.1) is 12.7 Å². The normalized spacial score (nSPS) is 11.3. The lowest BCUT2D eigenvalue weighted by Crippen LogP contribution is -2.42. The highest BCUT2D eigenvalue weighted by molar-refractivity contribution is 5.91. The fourth-order valence-corrected chi connectivity index (χ4v) is 3.28. The number of rotatable bonds is 7. The first-order valence-corrected chi connectivity index (χ1v) is 9.99. The number of nitrogens with one attached hydrogen (secondary N) is 3. The van der Waals surface area contributed by atoms with Crippen molar-refractivity contribution in [1.82, 2.24) is 19.9 Å². The van der Waals surface area contributed by atoms with Crippen molar-refractivity contribution < 1.29 is 13.8 Å². The van der Waals surface area contributed by atoms with E-state index in [4.69, 9.17) is 0 Å². The number of nitrogens with zero attached hydrogens (tertiary/aromatic N) is 2. The standard InChI is InChI=1S/C23H20FN5O3/c24-19-14-29(23(32)27-22(19)31)15-21(30)25-9-12-28-10-7-16(8-11-28)5-6-17-13-26-20-4-2-1-3-18(17)20/h1-8,10-11,13-14H,9,12,15H2,(H2,25,27,30,31,32)/p+1. The van der Waals surface area contributed by atoms with Crippen LogP contribution in [0.25, 0.3) is 23.1 Å². The second-order valence-electron chi connectivity index (χ2n) is 7.21. The third-order valence-electron chi connectivity index (χ3n) is 4.97. The van der Waals surface area contributed by atoms with Gasteiger partial charge in [0.1, 0.15) is 6.54 Å². The molecular weight excluding hydrogens is 413 g/mol. The Labute approximate surface area is 181 Å². The summed E-state index contributed by atoms with van der Waals surface area (Å²) in [5.41, 5.74) is 1.30. The van der Waals surface area contributed by atoms with E-state index in [-0.39, 0.29) is 6.54 Å². The van der Waals surface area contributed by atoms with E-state index in [9.17, 15) is 18.8 Å². The number of carbonyl (C=O) groups is 1. The fraction of sp³-hybridized carbons (Fsp3) is 0.130. The van der Waals surface area contributed by atoms with E-state index in [2.05, 4.69) is 22.4 Å². The predicted octanol–water partition coefficient (Wildman–Crippen LogP) is 1.43. The van der Waals surface area contributed by atoms with Crippen LogP contribution in [-0.2, 0) is 17.9 Å². The quantitative estimate of drug-likeness (QED) is 0.384. The van der Waals surface area contributed by atoms with Crippen molar-refractivity contribution >= 4 is 29.0 Å². The zero-order valence-corrected chi connectivity index (χ0v) is 17.0. The average Bonchev–Trinajstić information content (AvgIpc) is 3.20. The van der Waals surface area contributed by atoms with Crippen molar-refractivity contribution in [1.29, 1.82) is 0 Å². The Morgan fingerprint density at radius 1 is 1.12 bits per heavy atom. The molecule has 3 aromatic heterocycles. The molecule has 32 heavy (non-hydrogen) atoms. The number of H-pyrrole nitrogens is 2. The molecule has 0 atom stereocenters. The molecule has 3 N–H and O–H groups in total. The maximum absolute atomic E-state index is 13.3. The summed E-state index contributed by atoms with van der Waals surface area (Å²) in [6, 6.07) is 12.0. The van der Waals surface area contributed by atoms with Crippen LogP contribution in [0.5, 0.6) is 0 Å². The minimum atomic E-state index is -1.12. The maximum atomic E-state index is 13.3. The monoisotopic (exact) mass is 434 g/mol. The van der Waals surface area contributed by atoms with E-state index >= 15 is 0 Å². The van der Waals surface area contributed by atoms with E-state index in [1.807, 2.05) is 64.5 Å². The number of pyridine rings is 1. The number of fused-ring (bicyclic) bond motifs is 1. The van der Waals surface area contributed by atoms with E-state index in [0.717, 1.165) is 32.8 Å². The molecule has 0 fully saturated rings. The van der Waals surface area contributed by atoms with Crippen molar-refractivity contribution in [2.24, 2.45) is 0 Å². The smallest absolute Gasteiger partial charge is 0.328 e. The number of benzene rings is 1. The van der Waals surface area contributed by atoms with Gasteiger partial charge in [-0.2, -0.15) is 4.39 Å². The average molecular weight is 434 g/mol. The van der Waals surface area contributed by atoms with Crippen LogP contribution in [0.2, 0.25) is 0 Å². The maximum Gasteiger partial charge on any atom is 0.328 e. The summed E-state index contributed by atoms with van der Waals surface area (Å²) in [6.45, 7) is 0.469. The highest BCUT2D eigenvalue weighted by Crippen LogP contribution is 2.19. The van der Waals surface area contributed by atoms with Crippen LogP contribution in [0.4, 0.5) is 4.39 Å². The SMILES string of the molecule is O=C(Cn1cc(F)c(=O)[nH]c1=O)NCC[n+]1ccc(/C=C/c2c[nH]c3ccccc23)cc1. The Hall–Kier alpha value is -4.27. The lowest BCUT2D eigenvalue weighted by molar-refractivity contribution is -0.694. The van der Waals surface area contributed by atoms with E-state index < -0.39 is 23.0 Å². The molecule has 0 aliphatic carbocycles. The highest BCUT2D eigenvalue weighted by atomic mass is 19.1. The Balaban J connectivity index is 1.29. The fourth-order valence-electron chi connectivity index (χ4n) is 3.28. The number of aromatic amines is 2. The molecule has 1 amide bonds. The van der Waals surface area contributed by atoms with Gasteiger partial charge in [-0.1, -0.05) is 30.4 Å². The van der Waals surface area contributed by atoms with Gasteiger partial charge in [0.15, 0.2) is 18.9 Å². The largest absolute Gasteiger partial charge is 0.361 e. The number of amides is 1. The molecule has 0 aliphatic rings. The van der Waals surface area contributed by atoms with Crippen molar-refractivity contribution in [2.45, 2.75) is 13.1 Å². The molecule has 1 aromatic carbocycles.